The first-order valence-electron chi connectivity index (χ1n) is 7.00. The van der Waals surface area contributed by atoms with Gasteiger partial charge in [-0.2, -0.15) is 0 Å². The summed E-state index contributed by atoms with van der Waals surface area (Å²) in [5.74, 6) is -0.620. The maximum Gasteiger partial charge on any atom is 0.249 e. The van der Waals surface area contributed by atoms with Crippen LogP contribution in [0.1, 0.15) is 31.7 Å². The van der Waals surface area contributed by atoms with Gasteiger partial charge in [-0.15, -0.1) is 0 Å². The Labute approximate surface area is 131 Å². The van der Waals surface area contributed by atoms with Crippen LogP contribution in [-0.2, 0) is 9.59 Å². The molecule has 0 aromatic heterocycles. The molecule has 1 fully saturated rings. The monoisotopic (exact) mass is 356 g/mol. The second-order valence-corrected chi connectivity index (χ2v) is 6.06. The number of carbonyl (C=O) groups excluding carboxylic acids is 2. The number of hydrogen-bond acceptors (Lipinski definition) is 2. The molecule has 114 valence electrons. The Balaban J connectivity index is 2.39. The number of anilines is 1. The predicted octanol–water partition coefficient (Wildman–Crippen LogP) is 2.92. The second-order valence-electron chi connectivity index (χ2n) is 5.20. The number of nitrogens with one attached hydrogen (secondary N) is 1. The van der Waals surface area contributed by atoms with E-state index in [9.17, 15) is 14.0 Å². The highest BCUT2D eigenvalue weighted by atomic mass is 79.9. The van der Waals surface area contributed by atoms with E-state index < -0.39 is 6.04 Å². The quantitative estimate of drug-likeness (QED) is 0.904. The Morgan fingerprint density at radius 2 is 2.14 bits per heavy atom. The van der Waals surface area contributed by atoms with E-state index in [2.05, 4.69) is 21.2 Å². The van der Waals surface area contributed by atoms with Crippen LogP contribution in [0.4, 0.5) is 10.1 Å². The van der Waals surface area contributed by atoms with Crippen LogP contribution < -0.4 is 10.2 Å². The topological polar surface area (TPSA) is 49.4 Å². The van der Waals surface area contributed by atoms with Gasteiger partial charge < -0.3 is 10.2 Å². The highest BCUT2D eigenvalue weighted by Crippen LogP contribution is 2.29. The van der Waals surface area contributed by atoms with Crippen molar-refractivity contribution in [2.75, 3.05) is 11.4 Å². The average Bonchev–Trinajstić information content (AvgIpc) is 2.55. The smallest absolute Gasteiger partial charge is 0.249 e. The summed E-state index contributed by atoms with van der Waals surface area (Å²) in [5.41, 5.74) is 1.32. The molecular formula is C15H18BrFN2O2. The van der Waals surface area contributed by atoms with Crippen LogP contribution in [0.2, 0.25) is 0 Å². The molecule has 1 atom stereocenters. The van der Waals surface area contributed by atoms with E-state index in [1.165, 1.54) is 6.07 Å². The molecule has 1 saturated heterocycles. The summed E-state index contributed by atoms with van der Waals surface area (Å²) in [7, 11) is 0. The van der Waals surface area contributed by atoms with Gasteiger partial charge >= 0.3 is 0 Å². The molecule has 1 heterocycles. The lowest BCUT2D eigenvalue weighted by Crippen LogP contribution is -2.44. The van der Waals surface area contributed by atoms with Crippen molar-refractivity contribution in [3.8, 4) is 0 Å². The molecular weight excluding hydrogens is 339 g/mol. The fourth-order valence-corrected chi connectivity index (χ4v) is 2.82. The van der Waals surface area contributed by atoms with E-state index in [1.807, 2.05) is 6.92 Å². The van der Waals surface area contributed by atoms with Crippen molar-refractivity contribution in [3.05, 3.63) is 28.0 Å². The average molecular weight is 357 g/mol. The molecule has 1 N–H and O–H groups in total. The molecule has 0 saturated carbocycles. The van der Waals surface area contributed by atoms with Gasteiger partial charge in [0.05, 0.1) is 4.47 Å². The van der Waals surface area contributed by atoms with Gasteiger partial charge in [-0.05, 0) is 47.0 Å². The number of aryl methyl sites for hydroxylation is 1. The number of hydrogen-bond donors (Lipinski definition) is 1. The molecule has 4 nitrogen and oxygen atoms in total. The minimum Gasteiger partial charge on any atom is -0.344 e. The third-order valence-electron chi connectivity index (χ3n) is 3.57. The van der Waals surface area contributed by atoms with Crippen molar-refractivity contribution in [2.24, 2.45) is 0 Å². The van der Waals surface area contributed by atoms with Crippen LogP contribution in [-0.4, -0.2) is 24.4 Å². The van der Waals surface area contributed by atoms with Crippen molar-refractivity contribution < 1.29 is 14.0 Å². The van der Waals surface area contributed by atoms with Crippen LogP contribution in [0.5, 0.6) is 0 Å². The molecule has 6 heteroatoms. The van der Waals surface area contributed by atoms with Crippen LogP contribution in [0.25, 0.3) is 0 Å². The molecule has 0 radical (unpaired) electrons. The maximum absolute atomic E-state index is 13.5. The third kappa shape index (κ3) is 3.43. The largest absolute Gasteiger partial charge is 0.344 e. The van der Waals surface area contributed by atoms with Gasteiger partial charge in [0.2, 0.25) is 11.8 Å². The SMILES string of the molecule is CCCC1NC(=O)CCN(c2cc(Br)c(F)cc2C)C1=O. The second kappa shape index (κ2) is 6.56. The Morgan fingerprint density at radius 3 is 2.81 bits per heavy atom. The highest BCUT2D eigenvalue weighted by molar-refractivity contribution is 9.10. The first-order valence-corrected chi connectivity index (χ1v) is 7.79. The maximum atomic E-state index is 13.5. The fourth-order valence-electron chi connectivity index (χ4n) is 2.49. The van der Waals surface area contributed by atoms with Crippen molar-refractivity contribution in [1.29, 1.82) is 0 Å². The first-order chi connectivity index (χ1) is 9.93. The predicted molar refractivity (Wildman–Crippen MR) is 82.6 cm³/mol. The lowest BCUT2D eigenvalue weighted by atomic mass is 10.1. The summed E-state index contributed by atoms with van der Waals surface area (Å²) in [5, 5.41) is 2.76. The van der Waals surface area contributed by atoms with E-state index in [-0.39, 0.29) is 24.1 Å². The zero-order chi connectivity index (χ0) is 15.6. The van der Waals surface area contributed by atoms with E-state index in [1.54, 1.807) is 17.9 Å². The molecule has 2 amide bonds. The number of amides is 2. The fraction of sp³-hybridized carbons (Fsp3) is 0.467. The lowest BCUT2D eigenvalue weighted by molar-refractivity contribution is -0.125. The number of benzene rings is 1. The van der Waals surface area contributed by atoms with Crippen molar-refractivity contribution >= 4 is 33.4 Å². The normalized spacial score (nSPS) is 19.4. The van der Waals surface area contributed by atoms with Crippen LogP contribution >= 0.6 is 15.9 Å². The minimum atomic E-state index is -0.506. The van der Waals surface area contributed by atoms with Gasteiger partial charge in [0.1, 0.15) is 11.9 Å². The van der Waals surface area contributed by atoms with Crippen LogP contribution in [0.15, 0.2) is 16.6 Å². The molecule has 1 aromatic carbocycles. The zero-order valence-corrected chi connectivity index (χ0v) is 13.7. The minimum absolute atomic E-state index is 0.122. The van der Waals surface area contributed by atoms with E-state index in [4.69, 9.17) is 0 Å². The summed E-state index contributed by atoms with van der Waals surface area (Å²) in [6.45, 7) is 4.03. The Kier molecular flexibility index (Phi) is 4.98. The number of halogens is 2. The Hall–Kier alpha value is -1.43. The Morgan fingerprint density at radius 1 is 1.43 bits per heavy atom. The van der Waals surface area contributed by atoms with Crippen LogP contribution in [0.3, 0.4) is 0 Å². The summed E-state index contributed by atoms with van der Waals surface area (Å²) in [6.07, 6.45) is 1.65. The highest BCUT2D eigenvalue weighted by Gasteiger charge is 2.31. The lowest BCUT2D eigenvalue weighted by Gasteiger charge is -2.25. The molecule has 1 aromatic rings. The van der Waals surface area contributed by atoms with Gasteiger partial charge in [-0.3, -0.25) is 9.59 Å². The number of nitrogens with zero attached hydrogens (tertiary/aromatic N) is 1. The van der Waals surface area contributed by atoms with E-state index in [0.29, 0.717) is 28.7 Å². The Bertz CT molecular complexity index is 577. The summed E-state index contributed by atoms with van der Waals surface area (Å²) in [4.78, 5) is 26.0. The van der Waals surface area contributed by atoms with Crippen molar-refractivity contribution in [3.63, 3.8) is 0 Å². The van der Waals surface area contributed by atoms with Gasteiger partial charge in [-0.25, -0.2) is 4.39 Å². The molecule has 0 bridgehead atoms. The summed E-state index contributed by atoms with van der Waals surface area (Å²) >= 11 is 3.15. The number of rotatable bonds is 3. The van der Waals surface area contributed by atoms with Crippen LogP contribution in [0, 0.1) is 12.7 Å². The van der Waals surface area contributed by atoms with Gasteiger partial charge in [-0.1, -0.05) is 13.3 Å². The molecule has 21 heavy (non-hydrogen) atoms. The zero-order valence-electron chi connectivity index (χ0n) is 12.1. The third-order valence-corrected chi connectivity index (χ3v) is 4.18. The summed E-state index contributed by atoms with van der Waals surface area (Å²) in [6, 6.07) is 2.48. The molecule has 1 aliphatic heterocycles. The standard InChI is InChI=1S/C15H18BrFN2O2/c1-3-4-12-15(21)19(6-5-14(20)18-12)13-8-10(16)11(17)7-9(13)2/h7-8,12H,3-6H2,1-2H3,(H,18,20). The first kappa shape index (κ1) is 15.9. The number of carbonyl (C=O) groups is 2. The van der Waals surface area contributed by atoms with E-state index in [0.717, 1.165) is 6.42 Å². The molecule has 0 aliphatic carbocycles. The van der Waals surface area contributed by atoms with E-state index >= 15 is 0 Å². The van der Waals surface area contributed by atoms with Crippen molar-refractivity contribution in [2.45, 2.75) is 39.2 Å². The molecule has 1 aliphatic rings. The van der Waals surface area contributed by atoms with Gasteiger partial charge in [0.25, 0.3) is 0 Å². The molecule has 0 spiro atoms. The van der Waals surface area contributed by atoms with Gasteiger partial charge in [0.15, 0.2) is 0 Å². The van der Waals surface area contributed by atoms with Gasteiger partial charge in [0, 0.05) is 18.7 Å². The summed E-state index contributed by atoms with van der Waals surface area (Å²) < 4.78 is 13.9. The molecule has 1 unspecified atom stereocenters. The van der Waals surface area contributed by atoms with Crippen molar-refractivity contribution in [1.82, 2.24) is 5.32 Å². The molecule has 2 rings (SSSR count).